The van der Waals surface area contributed by atoms with Gasteiger partial charge in [-0.3, -0.25) is 4.90 Å². The molecule has 0 fully saturated rings. The molecule has 1 aliphatic heterocycles. The van der Waals surface area contributed by atoms with E-state index < -0.39 is 6.04 Å². The summed E-state index contributed by atoms with van der Waals surface area (Å²) in [6, 6.07) is 42.2. The van der Waals surface area contributed by atoms with Gasteiger partial charge in [-0.15, -0.1) is 0 Å². The predicted molar refractivity (Wildman–Crippen MR) is 185 cm³/mol. The molecule has 5 aromatic carbocycles. The first-order valence-electron chi connectivity index (χ1n) is 16.2. The number of hydrogen-bond acceptors (Lipinski definition) is 4. The van der Waals surface area contributed by atoms with Crippen LogP contribution in [0, 0.1) is 0 Å². The van der Waals surface area contributed by atoms with Gasteiger partial charge in [-0.1, -0.05) is 110 Å². The van der Waals surface area contributed by atoms with E-state index in [0.29, 0.717) is 31.3 Å². The molecule has 0 saturated heterocycles. The first kappa shape index (κ1) is 30.2. The van der Waals surface area contributed by atoms with Gasteiger partial charge >= 0.3 is 6.09 Å². The number of benzene rings is 5. The van der Waals surface area contributed by atoms with E-state index in [2.05, 4.69) is 30.1 Å². The van der Waals surface area contributed by atoms with Crippen LogP contribution in [0.2, 0.25) is 0 Å². The van der Waals surface area contributed by atoms with Gasteiger partial charge in [-0.25, -0.2) is 4.79 Å². The molecule has 0 spiro atoms. The van der Waals surface area contributed by atoms with Crippen LogP contribution < -0.4 is 9.47 Å². The second-order valence-corrected chi connectivity index (χ2v) is 11.9. The Morgan fingerprint density at radius 3 is 1.96 bits per heavy atom. The Morgan fingerprint density at radius 1 is 0.702 bits per heavy atom. The van der Waals surface area contributed by atoms with Crippen LogP contribution in [0.1, 0.15) is 52.0 Å². The van der Waals surface area contributed by atoms with Crippen molar-refractivity contribution in [1.29, 1.82) is 0 Å². The Kier molecular flexibility index (Phi) is 8.91. The molecule has 6 nitrogen and oxygen atoms in total. The smallest absolute Gasteiger partial charge is 0.410 e. The number of ether oxygens (including phenoxy) is 3. The van der Waals surface area contributed by atoms with Crippen molar-refractivity contribution in [2.24, 2.45) is 0 Å². The number of carbonyl (C=O) groups excluding carboxylic acids is 1. The molecule has 47 heavy (non-hydrogen) atoms. The number of H-pyrrole nitrogens is 1. The summed E-state index contributed by atoms with van der Waals surface area (Å²) in [4.78, 5) is 19.4. The Morgan fingerprint density at radius 2 is 1.32 bits per heavy atom. The van der Waals surface area contributed by atoms with Crippen molar-refractivity contribution in [3.63, 3.8) is 0 Å². The molecule has 6 aromatic rings. The number of carbonyl (C=O) groups is 1. The maximum Gasteiger partial charge on any atom is 0.410 e. The van der Waals surface area contributed by atoms with Crippen LogP contribution in [-0.2, 0) is 37.4 Å². The van der Waals surface area contributed by atoms with E-state index in [1.165, 1.54) is 16.5 Å². The van der Waals surface area contributed by atoms with Crippen LogP contribution in [0.5, 0.6) is 11.5 Å². The fourth-order valence-corrected chi connectivity index (χ4v) is 6.30. The third-order valence-corrected chi connectivity index (χ3v) is 8.80. The molecule has 0 radical (unpaired) electrons. The maximum absolute atomic E-state index is 13.8. The number of amides is 1. The molecule has 1 aliphatic rings. The minimum absolute atomic E-state index is 0.208. The number of aromatic nitrogens is 1. The first-order valence-corrected chi connectivity index (χ1v) is 16.2. The lowest BCUT2D eigenvalue weighted by molar-refractivity contribution is 0.0831. The summed E-state index contributed by atoms with van der Waals surface area (Å²) in [5, 5.41) is 1.21. The normalized spacial score (nSPS) is 14.1. The molecule has 236 valence electrons. The van der Waals surface area contributed by atoms with Gasteiger partial charge in [0, 0.05) is 23.1 Å². The van der Waals surface area contributed by atoms with Crippen molar-refractivity contribution < 1.29 is 19.0 Å². The average molecular weight is 623 g/mol. The molecule has 0 bridgehead atoms. The molecule has 2 heterocycles. The number of fused-ring (bicyclic) bond motifs is 3. The summed E-state index contributed by atoms with van der Waals surface area (Å²) >= 11 is 0. The van der Waals surface area contributed by atoms with E-state index in [9.17, 15) is 4.79 Å². The molecule has 1 N–H and O–H groups in total. The van der Waals surface area contributed by atoms with Crippen LogP contribution >= 0.6 is 0 Å². The second kappa shape index (κ2) is 13.9. The highest BCUT2D eigenvalue weighted by atomic mass is 16.6. The Labute approximate surface area is 275 Å². The van der Waals surface area contributed by atoms with Gasteiger partial charge in [0.15, 0.2) is 11.5 Å². The fourth-order valence-electron chi connectivity index (χ4n) is 6.30. The lowest BCUT2D eigenvalue weighted by Crippen LogP contribution is -2.40. The number of nitrogens with one attached hydrogen (secondary N) is 1. The highest BCUT2D eigenvalue weighted by Crippen LogP contribution is 2.42. The van der Waals surface area contributed by atoms with Crippen LogP contribution in [0.25, 0.3) is 10.9 Å². The van der Waals surface area contributed by atoms with Crippen molar-refractivity contribution in [2.75, 3.05) is 6.54 Å². The summed E-state index contributed by atoms with van der Waals surface area (Å²) in [6.07, 6.45) is 1.34. The second-order valence-electron chi connectivity index (χ2n) is 11.9. The minimum Gasteiger partial charge on any atom is -0.485 e. The summed E-state index contributed by atoms with van der Waals surface area (Å²) in [5.74, 6) is 1.27. The number of hydrogen-bond donors (Lipinski definition) is 1. The largest absolute Gasteiger partial charge is 0.485 e. The van der Waals surface area contributed by atoms with E-state index in [4.69, 9.17) is 14.2 Å². The fraction of sp³-hybridized carbons (Fsp3) is 0.195. The van der Waals surface area contributed by atoms with Gasteiger partial charge in [0.05, 0.1) is 0 Å². The molecular formula is C41H38N2O4. The predicted octanol–water partition coefficient (Wildman–Crippen LogP) is 9.17. The van der Waals surface area contributed by atoms with Crippen molar-refractivity contribution in [1.82, 2.24) is 9.88 Å². The maximum atomic E-state index is 13.8. The topological polar surface area (TPSA) is 63.8 Å². The zero-order valence-electron chi connectivity index (χ0n) is 26.5. The quantitative estimate of drug-likeness (QED) is 0.165. The summed E-state index contributed by atoms with van der Waals surface area (Å²) in [5.41, 5.74) is 8.59. The molecule has 1 unspecified atom stereocenters. The van der Waals surface area contributed by atoms with Gasteiger partial charge in [0.25, 0.3) is 0 Å². The zero-order chi connectivity index (χ0) is 32.0. The van der Waals surface area contributed by atoms with Gasteiger partial charge in [-0.2, -0.15) is 0 Å². The highest BCUT2D eigenvalue weighted by Gasteiger charge is 2.36. The molecule has 0 saturated carbocycles. The van der Waals surface area contributed by atoms with Crippen molar-refractivity contribution >= 4 is 17.0 Å². The molecule has 1 atom stereocenters. The van der Waals surface area contributed by atoms with E-state index in [0.717, 1.165) is 46.3 Å². The van der Waals surface area contributed by atoms with Crippen LogP contribution in [0.15, 0.2) is 127 Å². The Hall–Kier alpha value is -5.49. The Balaban J connectivity index is 1.26. The van der Waals surface area contributed by atoms with Crippen molar-refractivity contribution in [3.05, 3.63) is 166 Å². The van der Waals surface area contributed by atoms with Crippen molar-refractivity contribution in [2.45, 2.75) is 45.6 Å². The first-order chi connectivity index (χ1) is 23.2. The van der Waals surface area contributed by atoms with Gasteiger partial charge in [0.1, 0.15) is 25.9 Å². The lowest BCUT2D eigenvalue weighted by Gasteiger charge is -2.35. The zero-order valence-corrected chi connectivity index (χ0v) is 26.5. The molecule has 0 aliphatic carbocycles. The highest BCUT2D eigenvalue weighted by molar-refractivity contribution is 5.87. The average Bonchev–Trinajstić information content (AvgIpc) is 3.51. The number of rotatable bonds is 10. The summed E-state index contributed by atoms with van der Waals surface area (Å²) in [7, 11) is 0. The van der Waals surface area contributed by atoms with E-state index in [1.54, 1.807) is 0 Å². The Bertz CT molecular complexity index is 1950. The van der Waals surface area contributed by atoms with Gasteiger partial charge in [0.2, 0.25) is 0 Å². The van der Waals surface area contributed by atoms with Crippen LogP contribution in [0.3, 0.4) is 0 Å². The third-order valence-electron chi connectivity index (χ3n) is 8.80. The number of aryl methyl sites for hydroxylation is 1. The molecule has 6 heteroatoms. The SMILES string of the molecule is CCc1ccc2[nH]c3c(c2c1)CCN(C(=O)OCc1ccccc1)C3c1ccc(OCc2ccccc2)c(OCc2ccccc2)c1. The van der Waals surface area contributed by atoms with Crippen LogP contribution in [-0.4, -0.2) is 22.5 Å². The molecule has 7 rings (SSSR count). The third kappa shape index (κ3) is 6.73. The standard InChI is InChI=1S/C41H38N2O4/c1-2-29-18-20-36-35(24-29)34-22-23-43(41(44)47-28-32-16-10-5-11-17-32)40(39(34)42-36)33-19-21-37(45-26-30-12-6-3-7-13-30)38(25-33)46-27-31-14-8-4-9-15-31/h3-21,24-25,40,42H,2,22-23,26-28H2,1H3. The minimum atomic E-state index is -0.401. The van der Waals surface area contributed by atoms with Crippen LogP contribution in [0.4, 0.5) is 4.79 Å². The van der Waals surface area contributed by atoms with Gasteiger partial charge in [-0.05, 0) is 70.5 Å². The summed E-state index contributed by atoms with van der Waals surface area (Å²) < 4.78 is 18.7. The molecule has 1 aromatic heterocycles. The number of aromatic amines is 1. The van der Waals surface area contributed by atoms with E-state index >= 15 is 0 Å². The number of nitrogens with zero attached hydrogens (tertiary/aromatic N) is 1. The van der Waals surface area contributed by atoms with Crippen molar-refractivity contribution in [3.8, 4) is 11.5 Å². The molecular weight excluding hydrogens is 584 g/mol. The summed E-state index contributed by atoms with van der Waals surface area (Å²) in [6.45, 7) is 3.71. The van der Waals surface area contributed by atoms with Gasteiger partial charge < -0.3 is 19.2 Å². The molecule has 1 amide bonds. The lowest BCUT2D eigenvalue weighted by atomic mass is 9.92. The van der Waals surface area contributed by atoms with E-state index in [1.807, 2.05) is 114 Å². The monoisotopic (exact) mass is 622 g/mol. The van der Waals surface area contributed by atoms with E-state index in [-0.39, 0.29) is 12.7 Å².